The highest BCUT2D eigenvalue weighted by Gasteiger charge is 2.32. The van der Waals surface area contributed by atoms with Gasteiger partial charge in [0.2, 0.25) is 0 Å². The summed E-state index contributed by atoms with van der Waals surface area (Å²) in [5.41, 5.74) is 0. The van der Waals surface area contributed by atoms with Crippen LogP contribution in [0.3, 0.4) is 0 Å². The molecule has 2 fully saturated rings. The van der Waals surface area contributed by atoms with Crippen LogP contribution in [0.1, 0.15) is 32.1 Å². The quantitative estimate of drug-likeness (QED) is 0.786. The van der Waals surface area contributed by atoms with Crippen molar-refractivity contribution in [1.29, 1.82) is 0 Å². The molecule has 2 rings (SSSR count). The summed E-state index contributed by atoms with van der Waals surface area (Å²) >= 11 is 0. The molecule has 0 aromatic rings. The van der Waals surface area contributed by atoms with Gasteiger partial charge in [-0.15, -0.1) is 0 Å². The lowest BCUT2D eigenvalue weighted by atomic mass is 9.84. The van der Waals surface area contributed by atoms with Crippen molar-refractivity contribution in [3.8, 4) is 0 Å². The Bertz CT molecular complexity index is 327. The number of hydrogen-bond acceptors (Lipinski definition) is 3. The third-order valence-corrected chi connectivity index (χ3v) is 3.90. The van der Waals surface area contributed by atoms with E-state index in [1.165, 1.54) is 0 Å². The van der Waals surface area contributed by atoms with Crippen LogP contribution in [0.5, 0.6) is 0 Å². The summed E-state index contributed by atoms with van der Waals surface area (Å²) in [4.78, 5) is 25.1. The first-order valence-corrected chi connectivity index (χ1v) is 7.04. The predicted octanol–water partition coefficient (Wildman–Crippen LogP) is 1.06. The van der Waals surface area contributed by atoms with E-state index < -0.39 is 11.9 Å². The highest BCUT2D eigenvalue weighted by molar-refractivity contribution is 5.77. The van der Waals surface area contributed by atoms with E-state index >= 15 is 0 Å². The third-order valence-electron chi connectivity index (χ3n) is 3.90. The van der Waals surface area contributed by atoms with Crippen LogP contribution in [0.2, 0.25) is 0 Å². The molecule has 2 unspecified atom stereocenters. The van der Waals surface area contributed by atoms with Crippen molar-refractivity contribution in [3.63, 3.8) is 0 Å². The molecule has 1 saturated heterocycles. The number of hydrogen-bond donors (Lipinski definition) is 2. The molecular weight excluding hydrogens is 248 g/mol. The van der Waals surface area contributed by atoms with Gasteiger partial charge in [-0.05, 0) is 19.3 Å². The number of carbonyl (C=O) groups is 2. The highest BCUT2D eigenvalue weighted by atomic mass is 16.5. The van der Waals surface area contributed by atoms with E-state index in [0.717, 1.165) is 25.7 Å². The molecule has 19 heavy (non-hydrogen) atoms. The van der Waals surface area contributed by atoms with Gasteiger partial charge in [-0.25, -0.2) is 4.79 Å². The topological polar surface area (TPSA) is 78.9 Å². The van der Waals surface area contributed by atoms with E-state index in [1.54, 1.807) is 4.90 Å². The largest absolute Gasteiger partial charge is 0.481 e. The third kappa shape index (κ3) is 3.83. The number of amides is 2. The fraction of sp³-hybridized carbons (Fsp3) is 0.846. The summed E-state index contributed by atoms with van der Waals surface area (Å²) in [6.45, 7) is 2.50. The molecule has 1 aliphatic heterocycles. The first-order chi connectivity index (χ1) is 9.18. The number of aliphatic carboxylic acids is 1. The van der Waals surface area contributed by atoms with Crippen LogP contribution in [-0.2, 0) is 9.53 Å². The van der Waals surface area contributed by atoms with Gasteiger partial charge < -0.3 is 20.1 Å². The van der Waals surface area contributed by atoms with Gasteiger partial charge in [-0.2, -0.15) is 0 Å². The molecule has 2 aliphatic rings. The van der Waals surface area contributed by atoms with Crippen LogP contribution in [0, 0.1) is 5.92 Å². The first-order valence-electron chi connectivity index (χ1n) is 7.04. The second-order valence-electron chi connectivity index (χ2n) is 5.24. The van der Waals surface area contributed by atoms with Crippen LogP contribution in [0.4, 0.5) is 4.79 Å². The normalized spacial score (nSPS) is 28.5. The molecule has 6 heteroatoms. The van der Waals surface area contributed by atoms with Gasteiger partial charge >= 0.3 is 12.0 Å². The molecule has 0 radical (unpaired) electrons. The minimum atomic E-state index is -0.802. The van der Waals surface area contributed by atoms with Gasteiger partial charge in [0.05, 0.1) is 12.5 Å². The van der Waals surface area contributed by atoms with Crippen molar-refractivity contribution in [3.05, 3.63) is 0 Å². The number of ether oxygens (including phenoxy) is 1. The van der Waals surface area contributed by atoms with Crippen LogP contribution in [0.15, 0.2) is 0 Å². The summed E-state index contributed by atoms with van der Waals surface area (Å²) in [5, 5.41) is 12.1. The van der Waals surface area contributed by atoms with Crippen molar-refractivity contribution in [2.75, 3.05) is 26.3 Å². The number of carbonyl (C=O) groups excluding carboxylic acids is 1. The van der Waals surface area contributed by atoms with Crippen molar-refractivity contribution >= 4 is 12.0 Å². The molecule has 1 aliphatic carbocycles. The van der Waals surface area contributed by atoms with Gasteiger partial charge in [0.15, 0.2) is 0 Å². The molecule has 108 valence electrons. The Balaban J connectivity index is 1.90. The molecule has 0 bridgehead atoms. The van der Waals surface area contributed by atoms with Crippen LogP contribution in [-0.4, -0.2) is 54.4 Å². The van der Waals surface area contributed by atoms with E-state index in [0.29, 0.717) is 32.7 Å². The number of carboxylic acids is 1. The Hall–Kier alpha value is -1.30. The van der Waals surface area contributed by atoms with Crippen molar-refractivity contribution < 1.29 is 19.4 Å². The number of carboxylic acid groups (broad SMARTS) is 1. The average molecular weight is 270 g/mol. The fourth-order valence-electron chi connectivity index (χ4n) is 2.80. The lowest BCUT2D eigenvalue weighted by Crippen LogP contribution is -2.50. The first kappa shape index (κ1) is 14.1. The molecule has 6 nitrogen and oxygen atoms in total. The zero-order valence-corrected chi connectivity index (χ0v) is 11.1. The zero-order valence-electron chi connectivity index (χ0n) is 11.1. The summed E-state index contributed by atoms with van der Waals surface area (Å²) in [5.74, 6) is -1.25. The lowest BCUT2D eigenvalue weighted by molar-refractivity contribution is -0.143. The van der Waals surface area contributed by atoms with E-state index in [1.807, 2.05) is 0 Å². The summed E-state index contributed by atoms with van der Waals surface area (Å²) in [6, 6.07) is -0.383. The minimum absolute atomic E-state index is 0.149. The average Bonchev–Trinajstić information content (AvgIpc) is 2.68. The molecular formula is C13H22N2O4. The van der Waals surface area contributed by atoms with Crippen LogP contribution < -0.4 is 5.32 Å². The second kappa shape index (κ2) is 6.75. The van der Waals surface area contributed by atoms with Gasteiger partial charge in [0.25, 0.3) is 0 Å². The Labute approximate surface area is 113 Å². The fourth-order valence-corrected chi connectivity index (χ4v) is 2.80. The molecule has 0 aromatic heterocycles. The standard InChI is InChI=1S/C13H22N2O4/c16-12(17)10-4-1-2-5-11(10)14-13(18)15-6-3-8-19-9-7-15/h10-11H,1-9H2,(H,14,18)(H,16,17). The lowest BCUT2D eigenvalue weighted by Gasteiger charge is -2.31. The second-order valence-corrected chi connectivity index (χ2v) is 5.24. The van der Waals surface area contributed by atoms with E-state index in [-0.39, 0.29) is 12.1 Å². The molecule has 2 N–H and O–H groups in total. The van der Waals surface area contributed by atoms with Gasteiger partial charge in [0, 0.05) is 25.7 Å². The van der Waals surface area contributed by atoms with Crippen molar-refractivity contribution in [1.82, 2.24) is 10.2 Å². The Kier molecular flexibility index (Phi) is 5.01. The molecule has 0 spiro atoms. The van der Waals surface area contributed by atoms with Crippen molar-refractivity contribution in [2.24, 2.45) is 5.92 Å². The van der Waals surface area contributed by atoms with Gasteiger partial charge in [-0.1, -0.05) is 12.8 Å². The summed E-state index contributed by atoms with van der Waals surface area (Å²) in [6.07, 6.45) is 4.16. The van der Waals surface area contributed by atoms with Crippen molar-refractivity contribution in [2.45, 2.75) is 38.1 Å². The Morgan fingerprint density at radius 3 is 2.68 bits per heavy atom. The monoisotopic (exact) mass is 270 g/mol. The number of nitrogens with zero attached hydrogens (tertiary/aromatic N) is 1. The minimum Gasteiger partial charge on any atom is -0.481 e. The summed E-state index contributed by atoms with van der Waals surface area (Å²) in [7, 11) is 0. The molecule has 2 amide bonds. The molecule has 1 heterocycles. The van der Waals surface area contributed by atoms with Gasteiger partial charge in [-0.3, -0.25) is 4.79 Å². The van der Waals surface area contributed by atoms with Crippen LogP contribution >= 0.6 is 0 Å². The number of nitrogens with one attached hydrogen (secondary N) is 1. The Morgan fingerprint density at radius 1 is 1.11 bits per heavy atom. The number of urea groups is 1. The highest BCUT2D eigenvalue weighted by Crippen LogP contribution is 2.24. The smallest absolute Gasteiger partial charge is 0.317 e. The molecule has 2 atom stereocenters. The predicted molar refractivity (Wildman–Crippen MR) is 68.9 cm³/mol. The van der Waals surface area contributed by atoms with Gasteiger partial charge in [0.1, 0.15) is 0 Å². The zero-order chi connectivity index (χ0) is 13.7. The van der Waals surface area contributed by atoms with Crippen LogP contribution in [0.25, 0.3) is 0 Å². The SMILES string of the molecule is O=C(O)C1CCCCC1NC(=O)N1CCCOCC1. The maximum Gasteiger partial charge on any atom is 0.317 e. The van der Waals surface area contributed by atoms with E-state index in [2.05, 4.69) is 5.32 Å². The maximum absolute atomic E-state index is 12.2. The van der Waals surface area contributed by atoms with E-state index in [9.17, 15) is 14.7 Å². The summed E-state index contributed by atoms with van der Waals surface area (Å²) < 4.78 is 5.31. The maximum atomic E-state index is 12.2. The Morgan fingerprint density at radius 2 is 1.89 bits per heavy atom. The van der Waals surface area contributed by atoms with E-state index in [4.69, 9.17) is 4.74 Å². The number of rotatable bonds is 2. The molecule has 1 saturated carbocycles. The molecule has 0 aromatic carbocycles.